The molecule has 0 unspecified atom stereocenters. The Morgan fingerprint density at radius 2 is 1.72 bits per heavy atom. The SMILES string of the molecule is COC(=O)c1cc(Nc2ncc(Br)c(Nc3ccc(O)cc3N(C)S(C)(=O)=O)n2)c(OC)cc1N1CCN(C(=O)OC(C)(C)C)CC1. The van der Waals surface area contributed by atoms with Gasteiger partial charge in [0.2, 0.25) is 16.0 Å². The lowest BCUT2D eigenvalue weighted by atomic mass is 10.1. The highest BCUT2D eigenvalue weighted by Gasteiger charge is 2.29. The van der Waals surface area contributed by atoms with Crippen molar-refractivity contribution in [3.63, 3.8) is 0 Å². The van der Waals surface area contributed by atoms with Crippen molar-refractivity contribution in [2.45, 2.75) is 26.4 Å². The second-order valence-corrected chi connectivity index (χ2v) is 14.5. The number of piperazine rings is 1. The monoisotopic (exact) mass is 735 g/mol. The molecule has 1 aliphatic rings. The van der Waals surface area contributed by atoms with Gasteiger partial charge in [0, 0.05) is 51.6 Å². The number of carbonyl (C=O) groups excluding carboxylic acids is 2. The summed E-state index contributed by atoms with van der Waals surface area (Å²) >= 11 is 3.42. The summed E-state index contributed by atoms with van der Waals surface area (Å²) in [7, 11) is 0.502. The number of hydrogen-bond donors (Lipinski definition) is 3. The van der Waals surface area contributed by atoms with Crippen molar-refractivity contribution in [1.82, 2.24) is 14.9 Å². The van der Waals surface area contributed by atoms with Crippen molar-refractivity contribution in [3.05, 3.63) is 46.6 Å². The topological polar surface area (TPSA) is 176 Å². The highest BCUT2D eigenvalue weighted by Crippen LogP contribution is 2.38. The maximum absolute atomic E-state index is 13.0. The van der Waals surface area contributed by atoms with Crippen LogP contribution in [0.3, 0.4) is 0 Å². The van der Waals surface area contributed by atoms with Crippen molar-refractivity contribution >= 4 is 72.5 Å². The van der Waals surface area contributed by atoms with Crippen molar-refractivity contribution in [3.8, 4) is 11.5 Å². The summed E-state index contributed by atoms with van der Waals surface area (Å²) in [5, 5.41) is 16.2. The van der Waals surface area contributed by atoms with E-state index in [1.807, 2.05) is 25.7 Å². The molecular formula is C30H38BrN7O8S. The van der Waals surface area contributed by atoms with Crippen LogP contribution in [0.1, 0.15) is 31.1 Å². The van der Waals surface area contributed by atoms with Gasteiger partial charge in [0.05, 0.1) is 53.3 Å². The van der Waals surface area contributed by atoms with E-state index in [0.717, 1.165) is 10.6 Å². The zero-order valence-corrected chi connectivity index (χ0v) is 29.5. The van der Waals surface area contributed by atoms with Crippen LogP contribution in [0.2, 0.25) is 0 Å². The van der Waals surface area contributed by atoms with E-state index in [1.54, 1.807) is 17.0 Å². The Morgan fingerprint density at radius 1 is 1.04 bits per heavy atom. The predicted octanol–water partition coefficient (Wildman–Crippen LogP) is 4.68. The molecule has 2 heterocycles. The van der Waals surface area contributed by atoms with Gasteiger partial charge in [-0.1, -0.05) is 0 Å². The van der Waals surface area contributed by atoms with E-state index in [4.69, 9.17) is 14.2 Å². The molecule has 2 aromatic carbocycles. The number of anilines is 6. The van der Waals surface area contributed by atoms with Gasteiger partial charge in [0.1, 0.15) is 22.9 Å². The molecule has 0 spiro atoms. The van der Waals surface area contributed by atoms with Crippen molar-refractivity contribution in [2.75, 3.05) is 73.5 Å². The summed E-state index contributed by atoms with van der Waals surface area (Å²) in [6, 6.07) is 7.53. The molecule has 17 heteroatoms. The number of benzene rings is 2. The summed E-state index contributed by atoms with van der Waals surface area (Å²) in [5.41, 5.74) is 1.13. The number of halogens is 1. The number of amides is 1. The van der Waals surface area contributed by atoms with Gasteiger partial charge in [-0.15, -0.1) is 0 Å². The normalized spacial score (nSPS) is 13.5. The van der Waals surface area contributed by atoms with Crippen LogP contribution in [-0.4, -0.2) is 99.8 Å². The van der Waals surface area contributed by atoms with Crippen LogP contribution in [-0.2, 0) is 19.5 Å². The number of rotatable bonds is 9. The minimum atomic E-state index is -3.65. The van der Waals surface area contributed by atoms with Crippen LogP contribution in [0.15, 0.2) is 41.0 Å². The highest BCUT2D eigenvalue weighted by molar-refractivity contribution is 9.10. The minimum absolute atomic E-state index is 0.118. The van der Waals surface area contributed by atoms with Crippen molar-refractivity contribution in [1.29, 1.82) is 0 Å². The molecule has 0 radical (unpaired) electrons. The number of sulfonamides is 1. The van der Waals surface area contributed by atoms with Gasteiger partial charge in [0.15, 0.2) is 0 Å². The second kappa shape index (κ2) is 14.1. The average Bonchev–Trinajstić information content (AvgIpc) is 3.01. The van der Waals surface area contributed by atoms with Gasteiger partial charge in [-0.25, -0.2) is 23.0 Å². The summed E-state index contributed by atoms with van der Waals surface area (Å²) in [5.74, 6) is 0.100. The Labute approximate surface area is 282 Å². The molecule has 47 heavy (non-hydrogen) atoms. The molecule has 1 fully saturated rings. The lowest BCUT2D eigenvalue weighted by molar-refractivity contribution is 0.0240. The number of carbonyl (C=O) groups is 2. The molecule has 1 amide bonds. The number of methoxy groups -OCH3 is 2. The van der Waals surface area contributed by atoms with Crippen LogP contribution in [0, 0.1) is 0 Å². The number of nitrogens with zero attached hydrogens (tertiary/aromatic N) is 5. The Balaban J connectivity index is 1.62. The number of aromatic nitrogens is 2. The maximum Gasteiger partial charge on any atom is 0.410 e. The van der Waals surface area contributed by atoms with Gasteiger partial charge in [-0.2, -0.15) is 4.98 Å². The molecule has 3 aromatic rings. The maximum atomic E-state index is 13.0. The third-order valence-electron chi connectivity index (χ3n) is 7.06. The third kappa shape index (κ3) is 8.65. The molecule has 4 rings (SSSR count). The number of ether oxygens (including phenoxy) is 3. The lowest BCUT2D eigenvalue weighted by Gasteiger charge is -2.37. The van der Waals surface area contributed by atoms with E-state index in [2.05, 4.69) is 36.5 Å². The molecule has 1 saturated heterocycles. The van der Waals surface area contributed by atoms with Gasteiger partial charge in [-0.3, -0.25) is 4.31 Å². The molecule has 1 aliphatic heterocycles. The Hall–Kier alpha value is -4.51. The molecule has 3 N–H and O–H groups in total. The van der Waals surface area contributed by atoms with Gasteiger partial charge in [-0.05, 0) is 54.9 Å². The van der Waals surface area contributed by atoms with Crippen LogP contribution in [0.5, 0.6) is 11.5 Å². The van der Waals surface area contributed by atoms with Gasteiger partial charge < -0.3 is 39.8 Å². The number of nitrogens with one attached hydrogen (secondary N) is 2. The van der Waals surface area contributed by atoms with Crippen molar-refractivity contribution < 1.29 is 37.3 Å². The summed E-state index contributed by atoms with van der Waals surface area (Å²) < 4.78 is 42.3. The Morgan fingerprint density at radius 3 is 2.32 bits per heavy atom. The number of phenolic OH excluding ortho intramolecular Hbond substituents is 1. The first-order chi connectivity index (χ1) is 22.0. The molecule has 0 atom stereocenters. The molecule has 0 bridgehead atoms. The first kappa shape index (κ1) is 35.3. The number of hydrogen-bond acceptors (Lipinski definition) is 13. The molecule has 0 saturated carbocycles. The standard InChI is InChI=1S/C30H38BrN7O8S/c1-30(2,3)46-29(41)38-12-10-37(11-13-38)23-16-25(44-5)22(15-19(23)27(40)45-6)34-28-32-17-20(31)26(35-28)33-21-9-8-18(39)14-24(21)36(4)47(7,42)43/h8-9,14-17,39H,10-13H2,1-7H3,(H2,32,33,34,35). The van der Waals surface area contributed by atoms with Crippen LogP contribution in [0.4, 0.5) is 39.3 Å². The molecule has 0 aliphatic carbocycles. The van der Waals surface area contributed by atoms with E-state index >= 15 is 0 Å². The fourth-order valence-corrected chi connectivity index (χ4v) is 5.45. The van der Waals surface area contributed by atoms with E-state index in [-0.39, 0.29) is 28.8 Å². The smallest absolute Gasteiger partial charge is 0.410 e. The minimum Gasteiger partial charge on any atom is -0.508 e. The highest BCUT2D eigenvalue weighted by atomic mass is 79.9. The van der Waals surface area contributed by atoms with E-state index in [1.165, 1.54) is 45.7 Å². The van der Waals surface area contributed by atoms with E-state index in [0.29, 0.717) is 53.5 Å². The fourth-order valence-electron chi connectivity index (χ4n) is 4.66. The van der Waals surface area contributed by atoms with Crippen LogP contribution in [0.25, 0.3) is 0 Å². The summed E-state index contributed by atoms with van der Waals surface area (Å²) in [6.07, 6.45) is 2.15. The fraction of sp³-hybridized carbons (Fsp3) is 0.400. The molecular weight excluding hydrogens is 698 g/mol. The Kier molecular flexibility index (Phi) is 10.6. The number of phenols is 1. The second-order valence-electron chi connectivity index (χ2n) is 11.6. The zero-order chi connectivity index (χ0) is 34.7. The number of aromatic hydroxyl groups is 1. The molecule has 1 aromatic heterocycles. The average molecular weight is 737 g/mol. The first-order valence-electron chi connectivity index (χ1n) is 14.4. The Bertz CT molecular complexity index is 1760. The number of esters is 1. The first-order valence-corrected chi connectivity index (χ1v) is 17.0. The summed E-state index contributed by atoms with van der Waals surface area (Å²) in [6.45, 7) is 7.11. The molecule has 15 nitrogen and oxygen atoms in total. The van der Waals surface area contributed by atoms with Crippen molar-refractivity contribution in [2.24, 2.45) is 0 Å². The van der Waals surface area contributed by atoms with Gasteiger partial charge >= 0.3 is 12.1 Å². The zero-order valence-electron chi connectivity index (χ0n) is 27.1. The van der Waals surface area contributed by atoms with Crippen LogP contribution < -0.4 is 24.6 Å². The van der Waals surface area contributed by atoms with E-state index in [9.17, 15) is 23.1 Å². The summed E-state index contributed by atoms with van der Waals surface area (Å²) in [4.78, 5) is 38.0. The molecule has 254 valence electrons. The van der Waals surface area contributed by atoms with E-state index < -0.39 is 27.7 Å². The third-order valence-corrected chi connectivity index (χ3v) is 8.83. The quantitative estimate of drug-likeness (QED) is 0.204. The largest absolute Gasteiger partial charge is 0.508 e. The van der Waals surface area contributed by atoms with Gasteiger partial charge in [0.25, 0.3) is 0 Å². The lowest BCUT2D eigenvalue weighted by Crippen LogP contribution is -2.50. The predicted molar refractivity (Wildman–Crippen MR) is 182 cm³/mol. The van der Waals surface area contributed by atoms with Crippen LogP contribution >= 0.6 is 15.9 Å².